The highest BCUT2D eigenvalue weighted by molar-refractivity contribution is 7.89. The normalized spacial score (nSPS) is 16.8. The fraction of sp³-hybridized carbons (Fsp3) is 0.381. The van der Waals surface area contributed by atoms with Crippen molar-refractivity contribution in [2.24, 2.45) is 0 Å². The number of benzene rings is 2. The van der Waals surface area contributed by atoms with Crippen LogP contribution in [0.3, 0.4) is 0 Å². The largest absolute Gasteiger partial charge is 0.495 e. The van der Waals surface area contributed by atoms with E-state index in [2.05, 4.69) is 4.72 Å². The number of nitrogens with zero attached hydrogens (tertiary/aromatic N) is 1. The van der Waals surface area contributed by atoms with Crippen LogP contribution in [0.1, 0.15) is 43.6 Å². The van der Waals surface area contributed by atoms with E-state index in [0.717, 1.165) is 17.7 Å². The maximum Gasteiger partial charge on any atom is 0.258 e. The molecule has 2 aromatic carbocycles. The van der Waals surface area contributed by atoms with Crippen LogP contribution in [0.25, 0.3) is 0 Å². The average molecular weight is 403 g/mol. The van der Waals surface area contributed by atoms with Crippen LogP contribution in [0.15, 0.2) is 47.4 Å². The first-order chi connectivity index (χ1) is 13.0. The lowest BCUT2D eigenvalue weighted by Gasteiger charge is -2.24. The molecule has 1 amide bonds. The molecule has 150 valence electrons. The van der Waals surface area contributed by atoms with Gasteiger partial charge < -0.3 is 9.64 Å². The number of carbonyl (C=O) groups is 1. The van der Waals surface area contributed by atoms with Gasteiger partial charge in [-0.15, -0.1) is 0 Å². The van der Waals surface area contributed by atoms with Gasteiger partial charge in [0, 0.05) is 22.8 Å². The number of sulfonamides is 1. The zero-order chi connectivity index (χ0) is 20.7. The fourth-order valence-corrected chi connectivity index (χ4v) is 5.11. The van der Waals surface area contributed by atoms with Gasteiger partial charge in [0.1, 0.15) is 10.6 Å². The summed E-state index contributed by atoms with van der Waals surface area (Å²) in [5.74, 6) is -0.0320. The molecule has 2 aromatic rings. The predicted molar refractivity (Wildman–Crippen MR) is 109 cm³/mol. The summed E-state index contributed by atoms with van der Waals surface area (Å²) in [6.07, 6.45) is 0.773. The Hall–Kier alpha value is -2.38. The van der Waals surface area contributed by atoms with Gasteiger partial charge in [-0.3, -0.25) is 4.79 Å². The number of para-hydroxylation sites is 1. The molecule has 0 fully saturated rings. The zero-order valence-corrected chi connectivity index (χ0v) is 17.6. The van der Waals surface area contributed by atoms with Crippen molar-refractivity contribution < 1.29 is 17.9 Å². The van der Waals surface area contributed by atoms with Crippen LogP contribution in [0, 0.1) is 0 Å². The standard InChI is InChI=1S/C21H26N2O4S/c1-14-12-15-8-6-7-9-17(15)23(14)20(24)16-10-11-18(27-5)19(13-16)28(25,26)22-21(2,3)4/h6-11,13-14,22H,12H2,1-5H3. The molecule has 0 saturated heterocycles. The van der Waals surface area contributed by atoms with Gasteiger partial charge >= 0.3 is 0 Å². The van der Waals surface area contributed by atoms with E-state index in [-0.39, 0.29) is 22.6 Å². The van der Waals surface area contributed by atoms with Gasteiger partial charge in [-0.2, -0.15) is 0 Å². The highest BCUT2D eigenvalue weighted by atomic mass is 32.2. The Morgan fingerprint density at radius 1 is 1.18 bits per heavy atom. The number of nitrogens with one attached hydrogen (secondary N) is 1. The predicted octanol–water partition coefficient (Wildman–Crippen LogP) is 3.36. The minimum atomic E-state index is -3.86. The molecule has 7 heteroatoms. The molecule has 1 aliphatic heterocycles. The van der Waals surface area contributed by atoms with Crippen molar-refractivity contribution in [1.82, 2.24) is 4.72 Å². The summed E-state index contributed by atoms with van der Waals surface area (Å²) in [7, 11) is -2.45. The van der Waals surface area contributed by atoms with Crippen LogP contribution < -0.4 is 14.4 Å². The smallest absolute Gasteiger partial charge is 0.258 e. The Labute approximate surface area is 166 Å². The summed E-state index contributed by atoms with van der Waals surface area (Å²) in [6, 6.07) is 12.3. The number of rotatable bonds is 4. The van der Waals surface area contributed by atoms with E-state index < -0.39 is 15.6 Å². The van der Waals surface area contributed by atoms with E-state index in [9.17, 15) is 13.2 Å². The quantitative estimate of drug-likeness (QED) is 0.851. The van der Waals surface area contributed by atoms with Gasteiger partial charge in [0.15, 0.2) is 0 Å². The second kappa shape index (κ2) is 7.22. The van der Waals surface area contributed by atoms with Crippen LogP contribution in [0.4, 0.5) is 5.69 Å². The first-order valence-electron chi connectivity index (χ1n) is 9.17. The molecule has 1 unspecified atom stereocenters. The highest BCUT2D eigenvalue weighted by Crippen LogP contribution is 2.34. The van der Waals surface area contributed by atoms with E-state index in [1.807, 2.05) is 31.2 Å². The molecule has 1 N–H and O–H groups in total. The van der Waals surface area contributed by atoms with E-state index in [1.54, 1.807) is 31.7 Å². The summed E-state index contributed by atoms with van der Waals surface area (Å²) in [5, 5.41) is 0. The van der Waals surface area contributed by atoms with E-state index in [0.29, 0.717) is 5.56 Å². The molecule has 0 aliphatic carbocycles. The first-order valence-corrected chi connectivity index (χ1v) is 10.7. The minimum absolute atomic E-state index is 0.000223. The number of methoxy groups -OCH3 is 1. The molecule has 0 radical (unpaired) electrons. The minimum Gasteiger partial charge on any atom is -0.495 e. The van der Waals surface area contributed by atoms with Gasteiger partial charge in [-0.1, -0.05) is 18.2 Å². The lowest BCUT2D eigenvalue weighted by molar-refractivity contribution is 0.0981. The van der Waals surface area contributed by atoms with Gasteiger partial charge in [0.25, 0.3) is 5.91 Å². The van der Waals surface area contributed by atoms with Crippen molar-refractivity contribution in [1.29, 1.82) is 0 Å². The Bertz CT molecular complexity index is 1010. The second-order valence-corrected chi connectivity index (χ2v) is 9.73. The van der Waals surface area contributed by atoms with Crippen LogP contribution in [0.5, 0.6) is 5.75 Å². The summed E-state index contributed by atoms with van der Waals surface area (Å²) in [5.41, 5.74) is 1.62. The molecule has 1 atom stereocenters. The van der Waals surface area contributed by atoms with Crippen LogP contribution in [0.2, 0.25) is 0 Å². The molecular weight excluding hydrogens is 376 g/mol. The molecule has 0 aromatic heterocycles. The van der Waals surface area contributed by atoms with Gasteiger partial charge in [-0.25, -0.2) is 13.1 Å². The lowest BCUT2D eigenvalue weighted by Crippen LogP contribution is -2.40. The molecule has 0 bridgehead atoms. The molecular formula is C21H26N2O4S. The van der Waals surface area contributed by atoms with Crippen molar-refractivity contribution in [2.45, 2.75) is 50.6 Å². The number of anilines is 1. The third-order valence-corrected chi connectivity index (χ3v) is 6.35. The van der Waals surface area contributed by atoms with Crippen molar-refractivity contribution in [3.05, 3.63) is 53.6 Å². The van der Waals surface area contributed by atoms with Gasteiger partial charge in [-0.05, 0) is 63.9 Å². The number of amides is 1. The fourth-order valence-electron chi connectivity index (χ4n) is 3.49. The average Bonchev–Trinajstić information content (AvgIpc) is 2.94. The molecule has 1 aliphatic rings. The molecule has 28 heavy (non-hydrogen) atoms. The number of carbonyl (C=O) groups excluding carboxylic acids is 1. The SMILES string of the molecule is COc1ccc(C(=O)N2c3ccccc3CC2C)cc1S(=O)(=O)NC(C)(C)C. The number of hydrogen-bond donors (Lipinski definition) is 1. The number of ether oxygens (including phenoxy) is 1. The number of hydrogen-bond acceptors (Lipinski definition) is 4. The van der Waals surface area contributed by atoms with Crippen molar-refractivity contribution in [2.75, 3.05) is 12.0 Å². The highest BCUT2D eigenvalue weighted by Gasteiger charge is 2.33. The molecule has 3 rings (SSSR count). The molecule has 0 spiro atoms. The van der Waals surface area contributed by atoms with E-state index in [4.69, 9.17) is 4.74 Å². The monoisotopic (exact) mass is 402 g/mol. The van der Waals surface area contributed by atoms with Crippen LogP contribution in [-0.4, -0.2) is 33.0 Å². The second-order valence-electron chi connectivity index (χ2n) is 8.08. The van der Waals surface area contributed by atoms with Gasteiger partial charge in [0.2, 0.25) is 10.0 Å². The maximum absolute atomic E-state index is 13.3. The third kappa shape index (κ3) is 3.91. The third-order valence-electron chi connectivity index (χ3n) is 4.57. The Morgan fingerprint density at radius 3 is 2.50 bits per heavy atom. The number of fused-ring (bicyclic) bond motifs is 1. The Balaban J connectivity index is 2.04. The summed E-state index contributed by atoms with van der Waals surface area (Å²) < 4.78 is 33.6. The van der Waals surface area contributed by atoms with Gasteiger partial charge in [0.05, 0.1) is 7.11 Å². The summed E-state index contributed by atoms with van der Waals surface area (Å²) >= 11 is 0. The Morgan fingerprint density at radius 2 is 1.86 bits per heavy atom. The molecule has 6 nitrogen and oxygen atoms in total. The van der Waals surface area contributed by atoms with Crippen molar-refractivity contribution in [3.63, 3.8) is 0 Å². The summed E-state index contributed by atoms with van der Waals surface area (Å²) in [6.45, 7) is 7.26. The molecule has 0 saturated carbocycles. The van der Waals surface area contributed by atoms with E-state index >= 15 is 0 Å². The maximum atomic E-state index is 13.3. The van der Waals surface area contributed by atoms with Crippen molar-refractivity contribution in [3.8, 4) is 5.75 Å². The van der Waals surface area contributed by atoms with E-state index in [1.165, 1.54) is 19.2 Å². The Kier molecular flexibility index (Phi) is 5.25. The topological polar surface area (TPSA) is 75.7 Å². The van der Waals surface area contributed by atoms with Crippen LogP contribution >= 0.6 is 0 Å². The zero-order valence-electron chi connectivity index (χ0n) is 16.8. The lowest BCUT2D eigenvalue weighted by atomic mass is 10.1. The van der Waals surface area contributed by atoms with Crippen LogP contribution in [-0.2, 0) is 16.4 Å². The van der Waals surface area contributed by atoms with Crippen molar-refractivity contribution >= 4 is 21.6 Å². The first kappa shape index (κ1) is 20.4. The summed E-state index contributed by atoms with van der Waals surface area (Å²) in [4.78, 5) is 14.9. The molecule has 1 heterocycles.